The van der Waals surface area contributed by atoms with Gasteiger partial charge in [0.1, 0.15) is 0 Å². The highest BCUT2D eigenvalue weighted by atomic mass is 16.7. The first-order chi connectivity index (χ1) is 15.7. The molecule has 0 radical (unpaired) electrons. The fourth-order valence-electron chi connectivity index (χ4n) is 3.90. The van der Waals surface area contributed by atoms with Crippen LogP contribution in [0.5, 0.6) is 0 Å². The van der Waals surface area contributed by atoms with Crippen LogP contribution in [0.4, 0.5) is 4.79 Å². The van der Waals surface area contributed by atoms with E-state index >= 15 is 0 Å². The number of ether oxygens (including phenoxy) is 2. The van der Waals surface area contributed by atoms with Crippen molar-refractivity contribution < 1.29 is 14.3 Å². The minimum Gasteiger partial charge on any atom is -0.434 e. The van der Waals surface area contributed by atoms with Crippen LogP contribution in [0.15, 0.2) is 12.2 Å². The second kappa shape index (κ2) is 26.3. The Morgan fingerprint density at radius 3 is 1.47 bits per heavy atom. The molecule has 0 bridgehead atoms. The molecule has 0 saturated heterocycles. The maximum Gasteiger partial charge on any atom is 0.508 e. The van der Waals surface area contributed by atoms with Gasteiger partial charge in [0.2, 0.25) is 0 Å². The van der Waals surface area contributed by atoms with Crippen LogP contribution in [0.1, 0.15) is 149 Å². The van der Waals surface area contributed by atoms with Crippen molar-refractivity contribution in [1.29, 1.82) is 0 Å². The molecule has 0 heterocycles. The molecule has 0 amide bonds. The van der Waals surface area contributed by atoms with Crippen LogP contribution >= 0.6 is 0 Å². The van der Waals surface area contributed by atoms with Gasteiger partial charge in [-0.3, -0.25) is 0 Å². The van der Waals surface area contributed by atoms with Crippen LogP contribution in [0.25, 0.3) is 0 Å². The topological polar surface area (TPSA) is 35.5 Å². The van der Waals surface area contributed by atoms with E-state index < -0.39 is 6.16 Å². The van der Waals surface area contributed by atoms with Crippen LogP contribution in [0.2, 0.25) is 0 Å². The molecule has 0 aliphatic rings. The monoisotopic (exact) mass is 452 g/mol. The van der Waals surface area contributed by atoms with Crippen molar-refractivity contribution in [1.82, 2.24) is 0 Å². The van der Waals surface area contributed by atoms with E-state index in [1.807, 2.05) is 0 Å². The van der Waals surface area contributed by atoms with E-state index in [9.17, 15) is 4.79 Å². The van der Waals surface area contributed by atoms with E-state index in [1.54, 1.807) is 0 Å². The number of carbonyl (C=O) groups excluding carboxylic acids is 1. The number of hydrogen-bond acceptors (Lipinski definition) is 3. The third-order valence-corrected chi connectivity index (χ3v) is 6.02. The molecule has 0 spiro atoms. The summed E-state index contributed by atoms with van der Waals surface area (Å²) >= 11 is 0. The van der Waals surface area contributed by atoms with E-state index in [0.717, 1.165) is 25.7 Å². The number of unbranched alkanes of at least 4 members (excludes halogenated alkanes) is 16. The van der Waals surface area contributed by atoms with E-state index in [0.29, 0.717) is 19.1 Å². The molecular formula is C29H56O3. The lowest BCUT2D eigenvalue weighted by molar-refractivity contribution is 0.0524. The molecule has 0 aliphatic carbocycles. The second-order valence-electron chi connectivity index (χ2n) is 9.84. The maximum absolute atomic E-state index is 11.4. The van der Waals surface area contributed by atoms with Gasteiger partial charge in [-0.2, -0.15) is 0 Å². The first kappa shape index (κ1) is 31.0. The lowest BCUT2D eigenvalue weighted by Crippen LogP contribution is -2.09. The molecule has 3 nitrogen and oxygen atoms in total. The summed E-state index contributed by atoms with van der Waals surface area (Å²) in [5, 5.41) is 0. The third kappa shape index (κ3) is 27.0. The van der Waals surface area contributed by atoms with Crippen LogP contribution in [0, 0.1) is 5.92 Å². The first-order valence-electron chi connectivity index (χ1n) is 14.1. The number of allylic oxidation sites excluding steroid dienone is 2. The normalized spacial score (nSPS) is 11.5. The smallest absolute Gasteiger partial charge is 0.434 e. The Morgan fingerprint density at radius 2 is 1.00 bits per heavy atom. The number of hydrogen-bond donors (Lipinski definition) is 0. The van der Waals surface area contributed by atoms with Gasteiger partial charge in [-0.15, -0.1) is 0 Å². The molecule has 3 heteroatoms. The molecule has 0 N–H and O–H groups in total. The summed E-state index contributed by atoms with van der Waals surface area (Å²) in [6.07, 6.45) is 30.1. The van der Waals surface area contributed by atoms with Crippen molar-refractivity contribution in [2.75, 3.05) is 13.2 Å². The molecule has 32 heavy (non-hydrogen) atoms. The van der Waals surface area contributed by atoms with Gasteiger partial charge in [-0.25, -0.2) is 4.79 Å². The Bertz CT molecular complexity index is 403. The molecule has 0 saturated carbocycles. The molecule has 0 aliphatic heterocycles. The molecule has 0 fully saturated rings. The van der Waals surface area contributed by atoms with Gasteiger partial charge in [-0.05, 0) is 50.9 Å². The average molecular weight is 453 g/mol. The first-order valence-corrected chi connectivity index (χ1v) is 14.1. The third-order valence-electron chi connectivity index (χ3n) is 6.02. The van der Waals surface area contributed by atoms with Crippen LogP contribution < -0.4 is 0 Å². The van der Waals surface area contributed by atoms with Crippen molar-refractivity contribution in [3.63, 3.8) is 0 Å². The predicted octanol–water partition coefficient (Wildman–Crippen LogP) is 10.2. The fraction of sp³-hybridized carbons (Fsp3) is 0.897. The largest absolute Gasteiger partial charge is 0.508 e. The van der Waals surface area contributed by atoms with E-state index in [1.165, 1.54) is 103 Å². The quantitative estimate of drug-likeness (QED) is 0.0829. The van der Waals surface area contributed by atoms with Crippen molar-refractivity contribution in [2.24, 2.45) is 5.92 Å². The summed E-state index contributed by atoms with van der Waals surface area (Å²) in [5.41, 5.74) is 0. The van der Waals surface area contributed by atoms with Crippen molar-refractivity contribution in [3.8, 4) is 0 Å². The molecule has 0 atom stereocenters. The van der Waals surface area contributed by atoms with Gasteiger partial charge in [0.25, 0.3) is 0 Å². The van der Waals surface area contributed by atoms with Gasteiger partial charge in [0.05, 0.1) is 13.2 Å². The summed E-state index contributed by atoms with van der Waals surface area (Å²) in [5.74, 6) is 0.654. The Kier molecular flexibility index (Phi) is 25.5. The maximum atomic E-state index is 11.4. The Morgan fingerprint density at radius 1 is 0.594 bits per heavy atom. The van der Waals surface area contributed by atoms with E-state index in [4.69, 9.17) is 9.47 Å². The van der Waals surface area contributed by atoms with E-state index in [2.05, 4.69) is 32.9 Å². The zero-order valence-corrected chi connectivity index (χ0v) is 22.0. The van der Waals surface area contributed by atoms with Gasteiger partial charge >= 0.3 is 6.16 Å². The Hall–Kier alpha value is -0.990. The van der Waals surface area contributed by atoms with Crippen LogP contribution in [-0.4, -0.2) is 19.4 Å². The molecular weight excluding hydrogens is 396 g/mol. The highest BCUT2D eigenvalue weighted by Gasteiger charge is 2.03. The van der Waals surface area contributed by atoms with Crippen LogP contribution in [0.3, 0.4) is 0 Å². The van der Waals surface area contributed by atoms with Crippen molar-refractivity contribution >= 4 is 6.16 Å². The van der Waals surface area contributed by atoms with Gasteiger partial charge in [0, 0.05) is 0 Å². The minimum absolute atomic E-state index is 0.479. The zero-order chi connectivity index (χ0) is 23.5. The minimum atomic E-state index is -0.498. The summed E-state index contributed by atoms with van der Waals surface area (Å²) in [4.78, 5) is 11.4. The average Bonchev–Trinajstić information content (AvgIpc) is 2.77. The Labute approximate surface area is 201 Å². The highest BCUT2D eigenvalue weighted by molar-refractivity contribution is 5.59. The molecule has 190 valence electrons. The summed E-state index contributed by atoms with van der Waals surface area (Å²) in [7, 11) is 0. The Balaban J connectivity index is 3.16. The lowest BCUT2D eigenvalue weighted by Gasteiger charge is -2.07. The summed E-state index contributed by atoms with van der Waals surface area (Å²) in [6.45, 7) is 7.61. The fourth-order valence-corrected chi connectivity index (χ4v) is 3.90. The summed E-state index contributed by atoms with van der Waals surface area (Å²) < 4.78 is 10.2. The zero-order valence-electron chi connectivity index (χ0n) is 22.0. The molecule has 0 aromatic carbocycles. The number of rotatable bonds is 24. The lowest BCUT2D eigenvalue weighted by atomic mass is 10.1. The van der Waals surface area contributed by atoms with Gasteiger partial charge < -0.3 is 9.47 Å². The van der Waals surface area contributed by atoms with Crippen molar-refractivity contribution in [3.05, 3.63) is 12.2 Å². The highest BCUT2D eigenvalue weighted by Crippen LogP contribution is 2.12. The standard InChI is InChI=1S/C29H56O3/c1-4-5-6-7-8-9-10-11-12-13-14-15-16-17-18-19-20-21-22-23-26-31-29(30)32-27-24-25-28(2)3/h11-12,28H,4-10,13-27H2,1-3H3/b12-11-. The molecule has 0 aromatic heterocycles. The van der Waals surface area contributed by atoms with Gasteiger partial charge in [0.15, 0.2) is 0 Å². The second-order valence-corrected chi connectivity index (χ2v) is 9.84. The van der Waals surface area contributed by atoms with Crippen molar-refractivity contribution in [2.45, 2.75) is 149 Å². The van der Waals surface area contributed by atoms with E-state index in [-0.39, 0.29) is 0 Å². The summed E-state index contributed by atoms with van der Waals surface area (Å²) in [6, 6.07) is 0. The van der Waals surface area contributed by atoms with Gasteiger partial charge in [-0.1, -0.05) is 116 Å². The molecule has 0 rings (SSSR count). The number of carbonyl (C=O) groups is 1. The predicted molar refractivity (Wildman–Crippen MR) is 139 cm³/mol. The SMILES string of the molecule is CCCCCCCC/C=C\CCCCCCCCCCCCOC(=O)OCCCC(C)C. The van der Waals surface area contributed by atoms with Crippen LogP contribution in [-0.2, 0) is 9.47 Å². The molecule has 0 aromatic rings. The molecule has 0 unspecified atom stereocenters.